The largest absolute Gasteiger partial charge is 0.416 e. The Hall–Kier alpha value is -4.72. The zero-order chi connectivity index (χ0) is 29.5. The van der Waals surface area contributed by atoms with Crippen LogP contribution in [0.4, 0.5) is 26.7 Å². The summed E-state index contributed by atoms with van der Waals surface area (Å²) in [6.07, 6.45) is -1.52. The van der Waals surface area contributed by atoms with Crippen molar-refractivity contribution in [1.29, 1.82) is 0 Å². The van der Waals surface area contributed by atoms with Gasteiger partial charge in [0.1, 0.15) is 5.01 Å². The van der Waals surface area contributed by atoms with Crippen LogP contribution in [0.1, 0.15) is 26.5 Å². The van der Waals surface area contributed by atoms with E-state index >= 15 is 0 Å². The lowest BCUT2D eigenvalue weighted by molar-refractivity contribution is -0.137. The number of carbonyl (C=O) groups excluding carboxylic acids is 3. The molecule has 1 aliphatic rings. The van der Waals surface area contributed by atoms with Crippen molar-refractivity contribution < 1.29 is 36.3 Å². The third-order valence-corrected chi connectivity index (χ3v) is 7.43. The molecule has 14 heteroatoms. The molecule has 1 fully saturated rings. The molecule has 2 aromatic heterocycles. The summed E-state index contributed by atoms with van der Waals surface area (Å²) in [6.45, 7) is 1.14. The maximum atomic E-state index is 14.9. The van der Waals surface area contributed by atoms with E-state index in [4.69, 9.17) is 0 Å². The van der Waals surface area contributed by atoms with Crippen LogP contribution in [0, 0.1) is 18.6 Å². The number of aryl methyl sites for hydroxylation is 1. The fourth-order valence-corrected chi connectivity index (χ4v) is 5.41. The first-order chi connectivity index (χ1) is 19.4. The molecule has 4 amide bonds. The van der Waals surface area contributed by atoms with E-state index in [1.165, 1.54) is 11.3 Å². The van der Waals surface area contributed by atoms with Gasteiger partial charge < -0.3 is 10.6 Å². The SMILES string of the molecule is Cc1sc(-c2cccnc2)nc1C1(CNC(=O)c2ccc(F)c(F)c2-c2ccc(C(F)(F)F)cc2)NC(=O)NC1=O. The molecule has 3 N–H and O–H groups in total. The standard InChI is InChI=1S/C27H18F5N5O3S/c1-13-21(35-23(41-13)15-3-2-10-33-11-15)26(24(39)36-25(40)37-26)12-34-22(38)17-8-9-18(28)20(29)19(17)14-4-6-16(7-5-14)27(30,31)32/h2-11H,12H2,1H3,(H,34,38)(H2,36,37,39,40). The van der Waals surface area contributed by atoms with Crippen LogP contribution in [-0.4, -0.2) is 34.4 Å². The van der Waals surface area contributed by atoms with E-state index in [0.29, 0.717) is 33.6 Å². The molecule has 1 unspecified atom stereocenters. The molecule has 0 spiro atoms. The zero-order valence-corrected chi connectivity index (χ0v) is 21.7. The maximum Gasteiger partial charge on any atom is 0.416 e. The number of nitrogens with zero attached hydrogens (tertiary/aromatic N) is 2. The molecule has 1 atom stereocenters. The van der Waals surface area contributed by atoms with Crippen molar-refractivity contribution in [3.05, 3.63) is 94.3 Å². The Kier molecular flexibility index (Phi) is 7.03. The van der Waals surface area contributed by atoms with Gasteiger partial charge in [-0.15, -0.1) is 11.3 Å². The summed E-state index contributed by atoms with van der Waals surface area (Å²) in [5.74, 6) is -4.55. The predicted octanol–water partition coefficient (Wildman–Crippen LogP) is 4.94. The second-order valence-corrected chi connectivity index (χ2v) is 10.2. The molecule has 3 heterocycles. The zero-order valence-electron chi connectivity index (χ0n) is 20.9. The molecule has 41 heavy (non-hydrogen) atoms. The van der Waals surface area contributed by atoms with Crippen LogP contribution >= 0.6 is 11.3 Å². The van der Waals surface area contributed by atoms with Crippen molar-refractivity contribution >= 4 is 29.2 Å². The molecule has 8 nitrogen and oxygen atoms in total. The van der Waals surface area contributed by atoms with E-state index in [0.717, 1.165) is 18.2 Å². The van der Waals surface area contributed by atoms with Crippen molar-refractivity contribution in [2.45, 2.75) is 18.6 Å². The quantitative estimate of drug-likeness (QED) is 0.219. The topological polar surface area (TPSA) is 113 Å². The van der Waals surface area contributed by atoms with Crippen LogP contribution in [0.15, 0.2) is 60.9 Å². The summed E-state index contributed by atoms with van der Waals surface area (Å²) in [7, 11) is 0. The van der Waals surface area contributed by atoms with Gasteiger partial charge in [0.25, 0.3) is 11.8 Å². The number of rotatable bonds is 6. The fraction of sp³-hybridized carbons (Fsp3) is 0.148. The Morgan fingerprint density at radius 1 is 1.05 bits per heavy atom. The van der Waals surface area contributed by atoms with E-state index in [1.807, 2.05) is 0 Å². The molecule has 210 valence electrons. The van der Waals surface area contributed by atoms with E-state index in [2.05, 4.69) is 25.9 Å². The number of urea groups is 1. The average molecular weight is 588 g/mol. The van der Waals surface area contributed by atoms with Crippen LogP contribution in [0.2, 0.25) is 0 Å². The van der Waals surface area contributed by atoms with Crippen molar-refractivity contribution in [2.24, 2.45) is 0 Å². The van der Waals surface area contributed by atoms with Gasteiger partial charge in [0.2, 0.25) is 0 Å². The first kappa shape index (κ1) is 27.8. The Morgan fingerprint density at radius 2 is 1.78 bits per heavy atom. The Labute approximate surface area is 232 Å². The normalized spacial score (nSPS) is 16.8. The van der Waals surface area contributed by atoms with Crippen molar-refractivity contribution in [2.75, 3.05) is 6.54 Å². The van der Waals surface area contributed by atoms with Crippen LogP contribution in [0.25, 0.3) is 21.7 Å². The highest BCUT2D eigenvalue weighted by molar-refractivity contribution is 7.15. The first-order valence-electron chi connectivity index (χ1n) is 11.9. The summed E-state index contributed by atoms with van der Waals surface area (Å²) in [5.41, 5.74) is -3.22. The second kappa shape index (κ2) is 10.4. The van der Waals surface area contributed by atoms with Gasteiger partial charge in [-0.05, 0) is 48.9 Å². The van der Waals surface area contributed by atoms with Gasteiger partial charge in [-0.2, -0.15) is 13.2 Å². The summed E-state index contributed by atoms with van der Waals surface area (Å²) < 4.78 is 68.2. The number of alkyl halides is 3. The molecule has 0 aliphatic carbocycles. The predicted molar refractivity (Wildman–Crippen MR) is 138 cm³/mol. The van der Waals surface area contributed by atoms with Gasteiger partial charge in [0.05, 0.1) is 23.4 Å². The number of hydrogen-bond donors (Lipinski definition) is 3. The number of thiazole rings is 1. The van der Waals surface area contributed by atoms with Gasteiger partial charge >= 0.3 is 12.2 Å². The van der Waals surface area contributed by atoms with E-state index in [-0.39, 0.29) is 11.3 Å². The average Bonchev–Trinajstić information content (AvgIpc) is 3.47. The van der Waals surface area contributed by atoms with E-state index in [1.54, 1.807) is 31.5 Å². The number of carbonyl (C=O) groups is 3. The summed E-state index contributed by atoms with van der Waals surface area (Å²) in [5, 5.41) is 7.60. The first-order valence-corrected chi connectivity index (χ1v) is 12.7. The molecule has 0 radical (unpaired) electrons. The molecular weight excluding hydrogens is 569 g/mol. The number of aromatic nitrogens is 2. The Balaban J connectivity index is 1.49. The number of halogens is 5. The summed E-state index contributed by atoms with van der Waals surface area (Å²) in [4.78, 5) is 47.7. The van der Waals surface area contributed by atoms with Gasteiger partial charge in [-0.1, -0.05) is 12.1 Å². The molecular formula is C27H18F5N5O3S. The Bertz CT molecular complexity index is 1680. The van der Waals surface area contributed by atoms with Crippen LogP contribution in [0.3, 0.4) is 0 Å². The minimum Gasteiger partial charge on any atom is -0.349 e. The van der Waals surface area contributed by atoms with Crippen LogP contribution in [-0.2, 0) is 16.5 Å². The lowest BCUT2D eigenvalue weighted by Crippen LogP contribution is -2.53. The third kappa shape index (κ3) is 5.13. The van der Waals surface area contributed by atoms with Crippen molar-refractivity contribution in [3.63, 3.8) is 0 Å². The van der Waals surface area contributed by atoms with Crippen molar-refractivity contribution in [1.82, 2.24) is 25.9 Å². The number of amides is 4. The van der Waals surface area contributed by atoms with Gasteiger partial charge in [0, 0.05) is 28.4 Å². The highest BCUT2D eigenvalue weighted by Gasteiger charge is 2.51. The number of hydrogen-bond acceptors (Lipinski definition) is 6. The van der Waals surface area contributed by atoms with Crippen molar-refractivity contribution in [3.8, 4) is 21.7 Å². The minimum atomic E-state index is -4.66. The Morgan fingerprint density at radius 3 is 2.39 bits per heavy atom. The monoisotopic (exact) mass is 587 g/mol. The van der Waals surface area contributed by atoms with E-state index in [9.17, 15) is 36.3 Å². The van der Waals surface area contributed by atoms with Crippen LogP contribution in [0.5, 0.6) is 0 Å². The van der Waals surface area contributed by atoms with Gasteiger partial charge in [0.15, 0.2) is 17.2 Å². The highest BCUT2D eigenvalue weighted by Crippen LogP contribution is 2.36. The second-order valence-electron chi connectivity index (χ2n) is 9.02. The number of benzene rings is 2. The number of imide groups is 1. The van der Waals surface area contributed by atoms with Gasteiger partial charge in [-0.3, -0.25) is 19.9 Å². The van der Waals surface area contributed by atoms with Gasteiger partial charge in [-0.25, -0.2) is 18.6 Å². The molecule has 5 rings (SSSR count). The lowest BCUT2D eigenvalue weighted by Gasteiger charge is -2.25. The molecule has 0 bridgehead atoms. The highest BCUT2D eigenvalue weighted by atomic mass is 32.1. The van der Waals surface area contributed by atoms with Crippen LogP contribution < -0.4 is 16.0 Å². The molecule has 1 aliphatic heterocycles. The molecule has 0 saturated carbocycles. The summed E-state index contributed by atoms with van der Waals surface area (Å²) in [6, 6.07) is 7.48. The number of nitrogens with one attached hydrogen (secondary N) is 3. The maximum absolute atomic E-state index is 14.9. The fourth-order valence-electron chi connectivity index (χ4n) is 4.43. The summed E-state index contributed by atoms with van der Waals surface area (Å²) >= 11 is 1.23. The van der Waals surface area contributed by atoms with E-state index < -0.39 is 64.4 Å². The molecule has 2 aromatic carbocycles. The smallest absolute Gasteiger partial charge is 0.349 e. The third-order valence-electron chi connectivity index (χ3n) is 6.41. The number of pyridine rings is 1. The minimum absolute atomic E-state index is 0.151. The molecule has 4 aromatic rings. The molecule has 1 saturated heterocycles. The lowest BCUT2D eigenvalue weighted by atomic mass is 9.93.